The topological polar surface area (TPSA) is 20.2 Å². The fourth-order valence-electron chi connectivity index (χ4n) is 1.81. The van der Waals surface area contributed by atoms with Gasteiger partial charge in [0.15, 0.2) is 0 Å². The van der Waals surface area contributed by atoms with E-state index in [2.05, 4.69) is 13.2 Å². The molecular formula is C12H18O. The van der Waals surface area contributed by atoms with Gasteiger partial charge >= 0.3 is 0 Å². The lowest BCUT2D eigenvalue weighted by atomic mass is 9.95. The van der Waals surface area contributed by atoms with Crippen molar-refractivity contribution in [3.63, 3.8) is 0 Å². The predicted octanol–water partition coefficient (Wildman–Crippen LogP) is 2.84. The van der Waals surface area contributed by atoms with Crippen molar-refractivity contribution >= 4 is 0 Å². The summed E-state index contributed by atoms with van der Waals surface area (Å²) in [6, 6.07) is 0. The molecule has 0 heterocycles. The summed E-state index contributed by atoms with van der Waals surface area (Å²) in [6.07, 6.45) is 6.56. The average Bonchev–Trinajstić information content (AvgIpc) is 2.62. The minimum Gasteiger partial charge on any atom is -0.388 e. The summed E-state index contributed by atoms with van der Waals surface area (Å²) in [4.78, 5) is 0. The van der Waals surface area contributed by atoms with Crippen molar-refractivity contribution in [3.8, 4) is 0 Å². The van der Waals surface area contributed by atoms with Crippen molar-refractivity contribution in [2.24, 2.45) is 5.92 Å². The van der Waals surface area contributed by atoms with E-state index >= 15 is 0 Å². The zero-order chi connectivity index (χ0) is 9.84. The third kappa shape index (κ3) is 2.10. The highest BCUT2D eigenvalue weighted by molar-refractivity contribution is 5.31. The molecule has 0 radical (unpaired) electrons. The van der Waals surface area contributed by atoms with E-state index < -0.39 is 0 Å². The second-order valence-electron chi connectivity index (χ2n) is 3.65. The van der Waals surface area contributed by atoms with Crippen LogP contribution in [0.2, 0.25) is 0 Å². The third-order valence-electron chi connectivity index (χ3n) is 2.78. The van der Waals surface area contributed by atoms with E-state index in [1.54, 1.807) is 6.08 Å². The van der Waals surface area contributed by atoms with E-state index in [0.29, 0.717) is 0 Å². The first kappa shape index (κ1) is 10.3. The largest absolute Gasteiger partial charge is 0.388 e. The SMILES string of the molecule is C=CC1=C(C(O)C(C)C=C)CCC1. The van der Waals surface area contributed by atoms with Crippen LogP contribution in [0.1, 0.15) is 26.2 Å². The molecule has 0 aliphatic heterocycles. The summed E-state index contributed by atoms with van der Waals surface area (Å²) in [5.74, 6) is 0.142. The Hall–Kier alpha value is -0.820. The van der Waals surface area contributed by atoms with E-state index in [-0.39, 0.29) is 12.0 Å². The molecule has 0 saturated carbocycles. The fraction of sp³-hybridized carbons (Fsp3) is 0.500. The summed E-state index contributed by atoms with van der Waals surface area (Å²) in [6.45, 7) is 9.45. The van der Waals surface area contributed by atoms with Gasteiger partial charge in [-0.1, -0.05) is 25.7 Å². The molecule has 1 rings (SSSR count). The summed E-state index contributed by atoms with van der Waals surface area (Å²) in [7, 11) is 0. The molecule has 0 aromatic heterocycles. The van der Waals surface area contributed by atoms with Gasteiger partial charge in [-0.3, -0.25) is 0 Å². The Kier molecular flexibility index (Phi) is 3.49. The van der Waals surface area contributed by atoms with Gasteiger partial charge in [0.05, 0.1) is 6.10 Å². The summed E-state index contributed by atoms with van der Waals surface area (Å²) in [5.41, 5.74) is 2.41. The normalized spacial score (nSPS) is 21.4. The van der Waals surface area contributed by atoms with Crippen molar-refractivity contribution in [1.29, 1.82) is 0 Å². The van der Waals surface area contributed by atoms with Crippen LogP contribution in [0, 0.1) is 5.92 Å². The van der Waals surface area contributed by atoms with Crippen LogP contribution >= 0.6 is 0 Å². The van der Waals surface area contributed by atoms with Gasteiger partial charge in [-0.2, -0.15) is 0 Å². The Bertz CT molecular complexity index is 238. The molecule has 1 heteroatoms. The standard InChI is InChI=1S/C12H18O/c1-4-9(3)12(13)11-8-6-7-10(11)5-2/h4-5,9,12-13H,1-2,6-8H2,3H3. The maximum Gasteiger partial charge on any atom is 0.0815 e. The molecule has 13 heavy (non-hydrogen) atoms. The number of aliphatic hydroxyl groups excluding tert-OH is 1. The van der Waals surface area contributed by atoms with Crippen LogP contribution in [0.3, 0.4) is 0 Å². The molecule has 1 aliphatic rings. The van der Waals surface area contributed by atoms with Gasteiger partial charge in [-0.05, 0) is 30.4 Å². The third-order valence-corrected chi connectivity index (χ3v) is 2.78. The Morgan fingerprint density at radius 1 is 1.38 bits per heavy atom. The van der Waals surface area contributed by atoms with Crippen molar-refractivity contribution in [2.45, 2.75) is 32.3 Å². The first-order valence-corrected chi connectivity index (χ1v) is 4.85. The molecule has 0 aromatic rings. The fourth-order valence-corrected chi connectivity index (χ4v) is 1.81. The summed E-state index contributed by atoms with van der Waals surface area (Å²) < 4.78 is 0. The van der Waals surface area contributed by atoms with Gasteiger partial charge < -0.3 is 5.11 Å². The summed E-state index contributed by atoms with van der Waals surface area (Å²) >= 11 is 0. The Labute approximate surface area is 80.5 Å². The molecule has 2 unspecified atom stereocenters. The lowest BCUT2D eigenvalue weighted by Gasteiger charge is -2.17. The molecule has 72 valence electrons. The zero-order valence-electron chi connectivity index (χ0n) is 8.29. The highest BCUT2D eigenvalue weighted by Crippen LogP contribution is 2.31. The van der Waals surface area contributed by atoms with Crippen LogP contribution in [-0.2, 0) is 0 Å². The maximum absolute atomic E-state index is 9.94. The van der Waals surface area contributed by atoms with E-state index in [1.165, 1.54) is 11.1 Å². The van der Waals surface area contributed by atoms with Gasteiger partial charge in [-0.25, -0.2) is 0 Å². The number of allylic oxidation sites excluding steroid dienone is 2. The van der Waals surface area contributed by atoms with Crippen molar-refractivity contribution < 1.29 is 5.11 Å². The number of rotatable bonds is 4. The summed E-state index contributed by atoms with van der Waals surface area (Å²) in [5, 5.41) is 9.94. The van der Waals surface area contributed by atoms with Gasteiger partial charge in [0, 0.05) is 5.92 Å². The highest BCUT2D eigenvalue weighted by Gasteiger charge is 2.22. The number of hydrogen-bond acceptors (Lipinski definition) is 1. The molecule has 2 atom stereocenters. The van der Waals surface area contributed by atoms with Crippen molar-refractivity contribution in [3.05, 3.63) is 36.5 Å². The van der Waals surface area contributed by atoms with Gasteiger partial charge in [0.2, 0.25) is 0 Å². The quantitative estimate of drug-likeness (QED) is 0.656. The van der Waals surface area contributed by atoms with Gasteiger partial charge in [0.25, 0.3) is 0 Å². The molecule has 0 bridgehead atoms. The molecule has 0 amide bonds. The van der Waals surface area contributed by atoms with Crippen molar-refractivity contribution in [2.75, 3.05) is 0 Å². The molecule has 1 aliphatic carbocycles. The average molecular weight is 178 g/mol. The Morgan fingerprint density at radius 3 is 2.62 bits per heavy atom. The maximum atomic E-state index is 9.94. The lowest BCUT2D eigenvalue weighted by Crippen LogP contribution is -2.18. The van der Waals surface area contributed by atoms with Crippen LogP contribution < -0.4 is 0 Å². The van der Waals surface area contributed by atoms with Crippen molar-refractivity contribution in [1.82, 2.24) is 0 Å². The molecule has 1 nitrogen and oxygen atoms in total. The van der Waals surface area contributed by atoms with Crippen LogP contribution in [0.5, 0.6) is 0 Å². The molecule has 1 N–H and O–H groups in total. The van der Waals surface area contributed by atoms with Crippen LogP contribution in [0.25, 0.3) is 0 Å². The molecule has 0 saturated heterocycles. The van der Waals surface area contributed by atoms with Crippen LogP contribution in [0.4, 0.5) is 0 Å². The smallest absolute Gasteiger partial charge is 0.0815 e. The zero-order valence-corrected chi connectivity index (χ0v) is 8.29. The minimum absolute atomic E-state index is 0.142. The number of hydrogen-bond donors (Lipinski definition) is 1. The predicted molar refractivity (Wildman–Crippen MR) is 56.4 cm³/mol. The van der Waals surface area contributed by atoms with E-state index in [9.17, 15) is 5.11 Å². The molecule has 0 spiro atoms. The van der Waals surface area contributed by atoms with Crippen LogP contribution in [-0.4, -0.2) is 11.2 Å². The lowest BCUT2D eigenvalue weighted by molar-refractivity contribution is 0.170. The Balaban J connectivity index is 2.80. The van der Waals surface area contributed by atoms with Crippen LogP contribution in [0.15, 0.2) is 36.5 Å². The van der Waals surface area contributed by atoms with Gasteiger partial charge in [0.1, 0.15) is 0 Å². The minimum atomic E-state index is -0.354. The van der Waals surface area contributed by atoms with Gasteiger partial charge in [-0.15, -0.1) is 6.58 Å². The first-order chi connectivity index (χ1) is 6.20. The second kappa shape index (κ2) is 4.43. The Morgan fingerprint density at radius 2 is 2.08 bits per heavy atom. The molecule has 0 fully saturated rings. The second-order valence-corrected chi connectivity index (χ2v) is 3.65. The van der Waals surface area contributed by atoms with E-state index in [0.717, 1.165) is 19.3 Å². The first-order valence-electron chi connectivity index (χ1n) is 4.85. The van der Waals surface area contributed by atoms with E-state index in [1.807, 2.05) is 13.0 Å². The highest BCUT2D eigenvalue weighted by atomic mass is 16.3. The monoisotopic (exact) mass is 178 g/mol. The van der Waals surface area contributed by atoms with E-state index in [4.69, 9.17) is 0 Å². The molecule has 0 aromatic carbocycles. The molecular weight excluding hydrogens is 160 g/mol. The number of aliphatic hydroxyl groups is 1.